The number of hydrogen-bond acceptors (Lipinski definition) is 2. The van der Waals surface area contributed by atoms with Crippen LogP contribution in [0.25, 0.3) is 0 Å². The molecular weight excluding hydrogens is 197 g/mol. The van der Waals surface area contributed by atoms with Crippen LogP contribution in [0.5, 0.6) is 0 Å². The molecule has 0 amide bonds. The lowest BCUT2D eigenvalue weighted by Gasteiger charge is -2.07. The van der Waals surface area contributed by atoms with Gasteiger partial charge in [-0.05, 0) is 17.7 Å². The van der Waals surface area contributed by atoms with Gasteiger partial charge < -0.3 is 9.90 Å². The topological polar surface area (TPSA) is 40.1 Å². The van der Waals surface area contributed by atoms with Crippen LogP contribution < -0.4 is 5.11 Å². The first-order valence-electron chi connectivity index (χ1n) is 3.75. The molecule has 0 saturated heterocycles. The van der Waals surface area contributed by atoms with Crippen molar-refractivity contribution in [3.05, 3.63) is 35.4 Å². The van der Waals surface area contributed by atoms with Gasteiger partial charge in [-0.3, -0.25) is 0 Å². The van der Waals surface area contributed by atoms with Crippen LogP contribution >= 0.6 is 0 Å². The zero-order chi connectivity index (χ0) is 10.8. The standard InChI is InChI=1S/C9H7F3O2/c10-9(11,12)7-3-1-6(2-4-7)5-8(13)14/h1-4H,5H2,(H,13,14)/p-1. The normalized spacial score (nSPS) is 11.4. The molecule has 1 aromatic rings. The first-order chi connectivity index (χ1) is 6.39. The van der Waals surface area contributed by atoms with Gasteiger partial charge in [0.15, 0.2) is 0 Å². The van der Waals surface area contributed by atoms with Crippen molar-refractivity contribution in [3.8, 4) is 0 Å². The van der Waals surface area contributed by atoms with Crippen molar-refractivity contribution in [3.63, 3.8) is 0 Å². The van der Waals surface area contributed by atoms with Gasteiger partial charge in [-0.15, -0.1) is 0 Å². The largest absolute Gasteiger partial charge is 0.550 e. The van der Waals surface area contributed by atoms with E-state index in [-0.39, 0.29) is 12.0 Å². The summed E-state index contributed by atoms with van der Waals surface area (Å²) < 4.78 is 36.2. The van der Waals surface area contributed by atoms with Gasteiger partial charge >= 0.3 is 6.18 Å². The summed E-state index contributed by atoms with van der Waals surface area (Å²) in [5, 5.41) is 10.1. The van der Waals surface area contributed by atoms with Crippen molar-refractivity contribution >= 4 is 5.97 Å². The average molecular weight is 203 g/mol. The molecule has 0 spiro atoms. The Morgan fingerprint density at radius 3 is 2.07 bits per heavy atom. The molecule has 14 heavy (non-hydrogen) atoms. The minimum Gasteiger partial charge on any atom is -0.550 e. The summed E-state index contributed by atoms with van der Waals surface area (Å²) in [6.07, 6.45) is -4.77. The number of aliphatic carboxylic acids is 1. The van der Waals surface area contributed by atoms with E-state index in [1.165, 1.54) is 0 Å². The number of carboxylic acids is 1. The number of benzene rings is 1. The highest BCUT2D eigenvalue weighted by atomic mass is 19.4. The summed E-state index contributed by atoms with van der Waals surface area (Å²) in [4.78, 5) is 10.1. The van der Waals surface area contributed by atoms with Gasteiger partial charge in [-0.25, -0.2) is 0 Å². The van der Waals surface area contributed by atoms with Crippen molar-refractivity contribution in [2.24, 2.45) is 0 Å². The number of carbonyl (C=O) groups is 1. The number of alkyl halides is 3. The molecular formula is C9H6F3O2-. The Kier molecular flexibility index (Phi) is 2.78. The molecule has 0 fully saturated rings. The maximum absolute atomic E-state index is 12.1. The van der Waals surface area contributed by atoms with Gasteiger partial charge in [-0.1, -0.05) is 12.1 Å². The van der Waals surface area contributed by atoms with Gasteiger partial charge in [0.2, 0.25) is 0 Å². The molecule has 0 heterocycles. The maximum Gasteiger partial charge on any atom is 0.416 e. The van der Waals surface area contributed by atoms with Gasteiger partial charge in [0.1, 0.15) is 0 Å². The smallest absolute Gasteiger partial charge is 0.416 e. The van der Waals surface area contributed by atoms with Crippen LogP contribution in [0.4, 0.5) is 13.2 Å². The summed E-state index contributed by atoms with van der Waals surface area (Å²) in [7, 11) is 0. The lowest BCUT2D eigenvalue weighted by molar-refractivity contribution is -0.304. The van der Waals surface area contributed by atoms with Crippen LogP contribution in [0.1, 0.15) is 11.1 Å². The molecule has 0 aromatic heterocycles. The molecule has 1 aromatic carbocycles. The van der Waals surface area contributed by atoms with E-state index < -0.39 is 17.7 Å². The number of carboxylic acid groups (broad SMARTS) is 1. The molecule has 0 aliphatic carbocycles. The molecule has 0 atom stereocenters. The third-order valence-electron chi connectivity index (χ3n) is 1.63. The number of rotatable bonds is 2. The van der Waals surface area contributed by atoms with E-state index in [9.17, 15) is 23.1 Å². The lowest BCUT2D eigenvalue weighted by Crippen LogP contribution is -2.24. The fraction of sp³-hybridized carbons (Fsp3) is 0.222. The fourth-order valence-electron chi connectivity index (χ4n) is 0.978. The zero-order valence-corrected chi connectivity index (χ0v) is 6.97. The van der Waals surface area contributed by atoms with Crippen LogP contribution in [0, 0.1) is 0 Å². The summed E-state index contributed by atoms with van der Waals surface area (Å²) >= 11 is 0. The summed E-state index contributed by atoms with van der Waals surface area (Å²) in [6.45, 7) is 0. The molecule has 76 valence electrons. The predicted molar refractivity (Wildman–Crippen MR) is 40.2 cm³/mol. The van der Waals surface area contributed by atoms with Crippen LogP contribution in [0.2, 0.25) is 0 Å². The summed E-state index contributed by atoms with van der Waals surface area (Å²) in [6, 6.07) is 3.94. The van der Waals surface area contributed by atoms with E-state index in [2.05, 4.69) is 0 Å². The Bertz CT molecular complexity index is 327. The monoisotopic (exact) mass is 203 g/mol. The second kappa shape index (κ2) is 3.69. The molecule has 0 aliphatic rings. The lowest BCUT2D eigenvalue weighted by atomic mass is 10.1. The Morgan fingerprint density at radius 2 is 1.71 bits per heavy atom. The quantitative estimate of drug-likeness (QED) is 0.719. The first-order valence-corrected chi connectivity index (χ1v) is 3.75. The molecule has 5 heteroatoms. The Morgan fingerprint density at radius 1 is 1.21 bits per heavy atom. The molecule has 0 radical (unpaired) electrons. The van der Waals surface area contributed by atoms with Crippen molar-refractivity contribution in [1.82, 2.24) is 0 Å². The minimum absolute atomic E-state index is 0.290. The fourth-order valence-corrected chi connectivity index (χ4v) is 0.978. The van der Waals surface area contributed by atoms with Crippen molar-refractivity contribution < 1.29 is 23.1 Å². The average Bonchev–Trinajstić information content (AvgIpc) is 2.02. The van der Waals surface area contributed by atoms with E-state index in [0.29, 0.717) is 0 Å². The predicted octanol–water partition coefficient (Wildman–Crippen LogP) is 0.998. The number of hydrogen-bond donors (Lipinski definition) is 0. The molecule has 0 N–H and O–H groups in total. The molecule has 1 rings (SSSR count). The zero-order valence-electron chi connectivity index (χ0n) is 6.97. The van der Waals surface area contributed by atoms with E-state index in [0.717, 1.165) is 24.3 Å². The highest BCUT2D eigenvalue weighted by Gasteiger charge is 2.29. The van der Waals surface area contributed by atoms with Gasteiger partial charge in [0.05, 0.1) is 5.56 Å². The molecule has 2 nitrogen and oxygen atoms in total. The second-order valence-electron chi connectivity index (χ2n) is 2.74. The molecule has 0 unspecified atom stereocenters. The van der Waals surface area contributed by atoms with E-state index in [1.54, 1.807) is 0 Å². The second-order valence-corrected chi connectivity index (χ2v) is 2.74. The van der Waals surface area contributed by atoms with E-state index in [1.807, 2.05) is 0 Å². The molecule has 0 aliphatic heterocycles. The third kappa shape index (κ3) is 2.76. The number of carbonyl (C=O) groups excluding carboxylic acids is 1. The van der Waals surface area contributed by atoms with Gasteiger partial charge in [0, 0.05) is 12.4 Å². The number of halogens is 3. The van der Waals surface area contributed by atoms with Crippen molar-refractivity contribution in [2.45, 2.75) is 12.6 Å². The Hall–Kier alpha value is -1.52. The minimum atomic E-state index is -4.39. The van der Waals surface area contributed by atoms with Crippen molar-refractivity contribution in [2.75, 3.05) is 0 Å². The van der Waals surface area contributed by atoms with Gasteiger partial charge in [0.25, 0.3) is 0 Å². The van der Waals surface area contributed by atoms with Crippen LogP contribution in [-0.4, -0.2) is 5.97 Å². The highest BCUT2D eigenvalue weighted by molar-refractivity contribution is 5.67. The SMILES string of the molecule is O=C([O-])Cc1ccc(C(F)(F)F)cc1. The first kappa shape index (κ1) is 10.6. The Balaban J connectivity index is 2.84. The van der Waals surface area contributed by atoms with E-state index in [4.69, 9.17) is 0 Å². The van der Waals surface area contributed by atoms with E-state index >= 15 is 0 Å². The van der Waals surface area contributed by atoms with Crippen LogP contribution in [0.3, 0.4) is 0 Å². The van der Waals surface area contributed by atoms with Crippen molar-refractivity contribution in [1.29, 1.82) is 0 Å². The van der Waals surface area contributed by atoms with Crippen LogP contribution in [0.15, 0.2) is 24.3 Å². The maximum atomic E-state index is 12.1. The summed E-state index contributed by atoms with van der Waals surface area (Å²) in [5.74, 6) is -1.32. The summed E-state index contributed by atoms with van der Waals surface area (Å²) in [5.41, 5.74) is -0.502. The molecule has 0 bridgehead atoms. The van der Waals surface area contributed by atoms with Crippen LogP contribution in [-0.2, 0) is 17.4 Å². The third-order valence-corrected chi connectivity index (χ3v) is 1.63. The molecule has 0 saturated carbocycles. The Labute approximate surface area is 78.0 Å². The highest BCUT2D eigenvalue weighted by Crippen LogP contribution is 2.28. The van der Waals surface area contributed by atoms with Gasteiger partial charge in [-0.2, -0.15) is 13.2 Å².